The van der Waals surface area contributed by atoms with E-state index in [-0.39, 0.29) is 0 Å². The minimum atomic E-state index is 0.686. The van der Waals surface area contributed by atoms with Crippen LogP contribution >= 0.6 is 0 Å². The molecule has 0 fully saturated rings. The van der Waals surface area contributed by atoms with E-state index in [1.807, 2.05) is 55.7 Å². The number of rotatable bonds is 3. The zero-order valence-corrected chi connectivity index (χ0v) is 9.92. The molecule has 0 aliphatic carbocycles. The van der Waals surface area contributed by atoms with Gasteiger partial charge in [-0.3, -0.25) is 9.78 Å². The fourth-order valence-electron chi connectivity index (χ4n) is 1.58. The molecule has 3 nitrogen and oxygen atoms in total. The van der Waals surface area contributed by atoms with E-state index in [4.69, 9.17) is 0 Å². The Bertz CT molecular complexity index is 518. The Hall–Kier alpha value is -2.16. The Morgan fingerprint density at radius 1 is 1.06 bits per heavy atom. The van der Waals surface area contributed by atoms with Crippen LogP contribution in [0.15, 0.2) is 42.7 Å². The summed E-state index contributed by atoms with van der Waals surface area (Å²) in [6, 6.07) is 9.55. The zero-order chi connectivity index (χ0) is 12.3. The van der Waals surface area contributed by atoms with Gasteiger partial charge in [0, 0.05) is 31.4 Å². The summed E-state index contributed by atoms with van der Waals surface area (Å²) in [5, 5.41) is 0. The van der Waals surface area contributed by atoms with Crippen molar-refractivity contribution in [1.29, 1.82) is 0 Å². The van der Waals surface area contributed by atoms with Crippen LogP contribution in [0.5, 0.6) is 0 Å². The van der Waals surface area contributed by atoms with E-state index in [0.29, 0.717) is 5.56 Å². The molecule has 0 aliphatic rings. The second-order valence-corrected chi connectivity index (χ2v) is 4.07. The molecule has 1 aromatic heterocycles. The number of carbonyl (C=O) groups excluding carboxylic acids is 1. The first kappa shape index (κ1) is 11.3. The molecular weight excluding hydrogens is 212 g/mol. The van der Waals surface area contributed by atoms with E-state index in [9.17, 15) is 4.79 Å². The Kier molecular flexibility index (Phi) is 3.19. The van der Waals surface area contributed by atoms with Crippen molar-refractivity contribution in [1.82, 2.24) is 4.98 Å². The highest BCUT2D eigenvalue weighted by molar-refractivity contribution is 5.77. The molecule has 0 spiro atoms. The van der Waals surface area contributed by atoms with Gasteiger partial charge in [0.2, 0.25) is 0 Å². The Labute approximate surface area is 101 Å². The van der Waals surface area contributed by atoms with Gasteiger partial charge in [0.1, 0.15) is 6.29 Å². The smallest absolute Gasteiger partial charge is 0.150 e. The number of hydrogen-bond acceptors (Lipinski definition) is 3. The number of nitrogens with zero attached hydrogens (tertiary/aromatic N) is 2. The summed E-state index contributed by atoms with van der Waals surface area (Å²) in [6.07, 6.45) is 4.49. The van der Waals surface area contributed by atoms with Crippen molar-refractivity contribution >= 4 is 12.0 Å². The lowest BCUT2D eigenvalue weighted by Crippen LogP contribution is -2.08. The highest BCUT2D eigenvalue weighted by Gasteiger charge is 2.01. The molecule has 2 aromatic rings. The summed E-state index contributed by atoms with van der Waals surface area (Å²) in [5.74, 6) is 0. The first-order valence-electron chi connectivity index (χ1n) is 5.38. The number of aldehydes is 1. The molecule has 0 atom stereocenters. The van der Waals surface area contributed by atoms with Crippen LogP contribution in [0.4, 0.5) is 5.69 Å². The van der Waals surface area contributed by atoms with Gasteiger partial charge >= 0.3 is 0 Å². The Morgan fingerprint density at radius 3 is 2.35 bits per heavy atom. The van der Waals surface area contributed by atoms with Crippen molar-refractivity contribution in [3.05, 3.63) is 48.3 Å². The van der Waals surface area contributed by atoms with Crippen molar-refractivity contribution in [2.24, 2.45) is 0 Å². The fraction of sp³-hybridized carbons (Fsp3) is 0.143. The molecule has 3 heteroatoms. The highest BCUT2D eigenvalue weighted by Crippen LogP contribution is 2.22. The normalized spacial score (nSPS) is 10.0. The highest BCUT2D eigenvalue weighted by atomic mass is 16.1. The first-order valence-corrected chi connectivity index (χ1v) is 5.38. The van der Waals surface area contributed by atoms with E-state index in [2.05, 4.69) is 11.1 Å². The maximum atomic E-state index is 10.6. The molecule has 0 saturated carbocycles. The van der Waals surface area contributed by atoms with Gasteiger partial charge in [-0.15, -0.1) is 0 Å². The molecule has 17 heavy (non-hydrogen) atoms. The molecule has 0 saturated heterocycles. The van der Waals surface area contributed by atoms with Crippen LogP contribution in [0.25, 0.3) is 11.1 Å². The van der Waals surface area contributed by atoms with Crippen molar-refractivity contribution in [3.8, 4) is 11.1 Å². The van der Waals surface area contributed by atoms with Crippen molar-refractivity contribution in [2.75, 3.05) is 19.0 Å². The third-order valence-corrected chi connectivity index (χ3v) is 2.62. The summed E-state index contributed by atoms with van der Waals surface area (Å²) < 4.78 is 0. The topological polar surface area (TPSA) is 33.2 Å². The summed E-state index contributed by atoms with van der Waals surface area (Å²) in [6.45, 7) is 0. The second kappa shape index (κ2) is 4.78. The molecule has 0 N–H and O–H groups in total. The lowest BCUT2D eigenvalue weighted by atomic mass is 10.1. The number of carbonyl (C=O) groups is 1. The van der Waals surface area contributed by atoms with Gasteiger partial charge in [0.15, 0.2) is 0 Å². The standard InChI is InChI=1S/C14H14N2O/c1-16(2)14-7-13(8-15-9-14)12-5-3-11(10-17)4-6-12/h3-10H,1-2H3. The number of hydrogen-bond donors (Lipinski definition) is 0. The van der Waals surface area contributed by atoms with Crippen LogP contribution in [0.2, 0.25) is 0 Å². The average molecular weight is 226 g/mol. The van der Waals surface area contributed by atoms with Gasteiger partial charge in [-0.2, -0.15) is 0 Å². The lowest BCUT2D eigenvalue weighted by Gasteiger charge is -2.12. The first-order chi connectivity index (χ1) is 8.20. The maximum absolute atomic E-state index is 10.6. The Balaban J connectivity index is 2.38. The van der Waals surface area contributed by atoms with Gasteiger partial charge in [-0.1, -0.05) is 24.3 Å². The molecule has 2 rings (SSSR count). The molecule has 1 aromatic carbocycles. The van der Waals surface area contributed by atoms with Gasteiger partial charge in [0.25, 0.3) is 0 Å². The third kappa shape index (κ3) is 2.50. The molecule has 0 radical (unpaired) electrons. The maximum Gasteiger partial charge on any atom is 0.150 e. The lowest BCUT2D eigenvalue weighted by molar-refractivity contribution is 0.112. The van der Waals surface area contributed by atoms with Crippen molar-refractivity contribution in [3.63, 3.8) is 0 Å². The molecule has 0 bridgehead atoms. The molecule has 0 unspecified atom stereocenters. The summed E-state index contributed by atoms with van der Waals surface area (Å²) in [7, 11) is 3.96. The van der Waals surface area contributed by atoms with Gasteiger partial charge in [-0.05, 0) is 11.6 Å². The third-order valence-electron chi connectivity index (χ3n) is 2.62. The van der Waals surface area contributed by atoms with Crippen LogP contribution in [0.1, 0.15) is 10.4 Å². The van der Waals surface area contributed by atoms with E-state index < -0.39 is 0 Å². The van der Waals surface area contributed by atoms with Crippen molar-refractivity contribution in [2.45, 2.75) is 0 Å². The Morgan fingerprint density at radius 2 is 1.76 bits per heavy atom. The van der Waals surface area contributed by atoms with Crippen LogP contribution in [-0.2, 0) is 0 Å². The van der Waals surface area contributed by atoms with Gasteiger partial charge in [-0.25, -0.2) is 0 Å². The summed E-state index contributed by atoms with van der Waals surface area (Å²) in [4.78, 5) is 16.8. The molecule has 86 valence electrons. The predicted octanol–water partition coefficient (Wildman–Crippen LogP) is 2.63. The van der Waals surface area contributed by atoms with Crippen LogP contribution in [0, 0.1) is 0 Å². The summed E-state index contributed by atoms with van der Waals surface area (Å²) in [5.41, 5.74) is 3.85. The van der Waals surface area contributed by atoms with Gasteiger partial charge in [0.05, 0.1) is 11.9 Å². The van der Waals surface area contributed by atoms with E-state index in [1.165, 1.54) is 0 Å². The van der Waals surface area contributed by atoms with E-state index in [0.717, 1.165) is 23.1 Å². The molecular formula is C14H14N2O. The van der Waals surface area contributed by atoms with Crippen LogP contribution in [0.3, 0.4) is 0 Å². The number of anilines is 1. The molecule has 0 aliphatic heterocycles. The van der Waals surface area contributed by atoms with E-state index in [1.54, 1.807) is 0 Å². The monoisotopic (exact) mass is 226 g/mol. The predicted molar refractivity (Wildman–Crippen MR) is 69.4 cm³/mol. The minimum absolute atomic E-state index is 0.686. The van der Waals surface area contributed by atoms with Crippen LogP contribution in [-0.4, -0.2) is 25.4 Å². The van der Waals surface area contributed by atoms with Crippen LogP contribution < -0.4 is 4.90 Å². The minimum Gasteiger partial charge on any atom is -0.376 e. The molecule has 1 heterocycles. The fourth-order valence-corrected chi connectivity index (χ4v) is 1.58. The largest absolute Gasteiger partial charge is 0.376 e. The quantitative estimate of drug-likeness (QED) is 0.754. The number of benzene rings is 1. The van der Waals surface area contributed by atoms with Crippen molar-refractivity contribution < 1.29 is 4.79 Å². The second-order valence-electron chi connectivity index (χ2n) is 4.07. The summed E-state index contributed by atoms with van der Waals surface area (Å²) >= 11 is 0. The number of pyridine rings is 1. The number of aromatic nitrogens is 1. The average Bonchev–Trinajstić information content (AvgIpc) is 2.39. The zero-order valence-electron chi connectivity index (χ0n) is 9.92. The van der Waals surface area contributed by atoms with E-state index >= 15 is 0 Å². The SMILES string of the molecule is CN(C)c1cncc(-c2ccc(C=O)cc2)c1. The molecule has 0 amide bonds. The van der Waals surface area contributed by atoms with Gasteiger partial charge < -0.3 is 4.90 Å².